The summed E-state index contributed by atoms with van der Waals surface area (Å²) in [7, 11) is 4.12. The standard InChI is InChI=1S/C22H28N6O2/c1-6-9-16(2)20-24-22(30-26-20)21-23-17(3)28(25-21)15-18-10-7-11-19(14-18)29-13-8-12-27(4)5/h6-7,9-11,14H,2,8,12-13,15H2,1,3-5H3/b9-6-. The molecule has 0 N–H and O–H groups in total. The summed E-state index contributed by atoms with van der Waals surface area (Å²) < 4.78 is 13.0. The van der Waals surface area contributed by atoms with Crippen LogP contribution in [0.2, 0.25) is 0 Å². The normalized spacial score (nSPS) is 11.5. The number of hydrogen-bond donors (Lipinski definition) is 0. The molecule has 3 aromatic rings. The number of aryl methyl sites for hydroxylation is 1. The van der Waals surface area contributed by atoms with Crippen LogP contribution in [-0.4, -0.2) is 57.1 Å². The van der Waals surface area contributed by atoms with Crippen molar-refractivity contribution in [3.05, 3.63) is 60.2 Å². The summed E-state index contributed by atoms with van der Waals surface area (Å²) >= 11 is 0. The van der Waals surface area contributed by atoms with Crippen LogP contribution in [0.15, 0.2) is 47.5 Å². The molecule has 0 aliphatic rings. The zero-order valence-electron chi connectivity index (χ0n) is 18.0. The molecule has 2 heterocycles. The number of hydrogen-bond acceptors (Lipinski definition) is 7. The zero-order chi connectivity index (χ0) is 21.5. The van der Waals surface area contributed by atoms with Gasteiger partial charge in [-0.3, -0.25) is 0 Å². The van der Waals surface area contributed by atoms with Gasteiger partial charge >= 0.3 is 0 Å². The van der Waals surface area contributed by atoms with E-state index in [4.69, 9.17) is 9.26 Å². The average molecular weight is 409 g/mol. The highest BCUT2D eigenvalue weighted by Crippen LogP contribution is 2.19. The van der Waals surface area contributed by atoms with E-state index in [9.17, 15) is 0 Å². The third kappa shape index (κ3) is 5.64. The molecule has 0 aliphatic carbocycles. The minimum Gasteiger partial charge on any atom is -0.494 e. The lowest BCUT2D eigenvalue weighted by molar-refractivity contribution is 0.281. The first-order valence-corrected chi connectivity index (χ1v) is 9.90. The zero-order valence-corrected chi connectivity index (χ0v) is 18.0. The van der Waals surface area contributed by atoms with Crippen molar-refractivity contribution in [2.24, 2.45) is 0 Å². The Kier molecular flexibility index (Phi) is 7.13. The molecule has 0 radical (unpaired) electrons. The molecule has 158 valence electrons. The summed E-state index contributed by atoms with van der Waals surface area (Å²) in [6.07, 6.45) is 4.67. The van der Waals surface area contributed by atoms with Gasteiger partial charge in [0.2, 0.25) is 11.6 Å². The Labute approximate surface area is 176 Å². The Morgan fingerprint density at radius 1 is 1.30 bits per heavy atom. The second-order valence-electron chi connectivity index (χ2n) is 7.24. The minimum absolute atomic E-state index is 0.274. The van der Waals surface area contributed by atoms with Crippen LogP contribution in [0.25, 0.3) is 17.3 Å². The van der Waals surface area contributed by atoms with Crippen molar-refractivity contribution in [2.75, 3.05) is 27.2 Å². The minimum atomic E-state index is 0.274. The number of aromatic nitrogens is 5. The lowest BCUT2D eigenvalue weighted by Gasteiger charge is -2.11. The highest BCUT2D eigenvalue weighted by atomic mass is 16.5. The van der Waals surface area contributed by atoms with Gasteiger partial charge in [-0.25, -0.2) is 9.67 Å². The van der Waals surface area contributed by atoms with E-state index >= 15 is 0 Å². The smallest absolute Gasteiger partial charge is 0.297 e. The largest absolute Gasteiger partial charge is 0.494 e. The van der Waals surface area contributed by atoms with E-state index in [1.165, 1.54) is 0 Å². The maximum atomic E-state index is 5.87. The van der Waals surface area contributed by atoms with E-state index < -0.39 is 0 Å². The van der Waals surface area contributed by atoms with E-state index in [1.807, 2.05) is 54.9 Å². The van der Waals surface area contributed by atoms with Crippen molar-refractivity contribution in [3.8, 4) is 17.5 Å². The quantitative estimate of drug-likeness (QED) is 0.374. The van der Waals surface area contributed by atoms with Gasteiger partial charge in [0, 0.05) is 12.1 Å². The van der Waals surface area contributed by atoms with Crippen molar-refractivity contribution >= 4 is 5.57 Å². The first-order valence-electron chi connectivity index (χ1n) is 9.90. The lowest BCUT2D eigenvalue weighted by Crippen LogP contribution is -2.15. The molecule has 0 bridgehead atoms. The molecule has 3 rings (SSSR count). The van der Waals surface area contributed by atoms with Gasteiger partial charge in [-0.2, -0.15) is 4.98 Å². The van der Waals surface area contributed by atoms with E-state index in [1.54, 1.807) is 0 Å². The SMILES string of the molecule is C=C(/C=C\C)c1noc(-c2nc(C)n(Cc3cccc(OCCCN(C)C)c3)n2)n1. The molecule has 30 heavy (non-hydrogen) atoms. The van der Waals surface area contributed by atoms with Gasteiger partial charge in [-0.1, -0.05) is 36.0 Å². The van der Waals surface area contributed by atoms with Crippen LogP contribution in [0, 0.1) is 6.92 Å². The van der Waals surface area contributed by atoms with Crippen LogP contribution >= 0.6 is 0 Å². The van der Waals surface area contributed by atoms with E-state index in [2.05, 4.69) is 45.8 Å². The van der Waals surface area contributed by atoms with Gasteiger partial charge in [0.25, 0.3) is 5.89 Å². The highest BCUT2D eigenvalue weighted by molar-refractivity contribution is 5.67. The molecule has 0 unspecified atom stereocenters. The molecule has 0 amide bonds. The summed E-state index contributed by atoms with van der Waals surface area (Å²) in [6, 6.07) is 8.03. The Bertz CT molecular complexity index is 1020. The fraction of sp³-hybridized carbons (Fsp3) is 0.364. The van der Waals surface area contributed by atoms with Gasteiger partial charge < -0.3 is 14.2 Å². The monoisotopic (exact) mass is 408 g/mol. The summed E-state index contributed by atoms with van der Waals surface area (Å²) in [5.74, 6) is 2.71. The van der Waals surface area contributed by atoms with Gasteiger partial charge in [0.1, 0.15) is 11.6 Å². The first kappa shape index (κ1) is 21.4. The van der Waals surface area contributed by atoms with Crippen LogP contribution in [0.1, 0.15) is 30.6 Å². The number of nitrogens with zero attached hydrogens (tertiary/aromatic N) is 6. The van der Waals surface area contributed by atoms with Crippen LogP contribution < -0.4 is 4.74 Å². The van der Waals surface area contributed by atoms with Crippen molar-refractivity contribution in [2.45, 2.75) is 26.8 Å². The van der Waals surface area contributed by atoms with E-state index in [0.717, 1.165) is 30.1 Å². The van der Waals surface area contributed by atoms with Crippen LogP contribution in [-0.2, 0) is 6.54 Å². The maximum Gasteiger partial charge on any atom is 0.297 e. The predicted octanol–water partition coefficient (Wildman–Crippen LogP) is 3.60. The Balaban J connectivity index is 1.68. The number of benzene rings is 1. The van der Waals surface area contributed by atoms with Crippen LogP contribution in [0.4, 0.5) is 0 Å². The fourth-order valence-corrected chi connectivity index (χ4v) is 2.86. The van der Waals surface area contributed by atoms with Crippen molar-refractivity contribution in [1.82, 2.24) is 29.8 Å². The Morgan fingerprint density at radius 2 is 2.13 bits per heavy atom. The molecule has 2 aromatic heterocycles. The number of ether oxygens (including phenoxy) is 1. The van der Waals surface area contributed by atoms with Crippen molar-refractivity contribution in [1.29, 1.82) is 0 Å². The molecular formula is C22H28N6O2. The second-order valence-corrected chi connectivity index (χ2v) is 7.24. The number of allylic oxidation sites excluding steroid dienone is 3. The lowest BCUT2D eigenvalue weighted by atomic mass is 10.2. The molecule has 0 saturated heterocycles. The average Bonchev–Trinajstić information content (AvgIpc) is 3.33. The van der Waals surface area contributed by atoms with Crippen molar-refractivity contribution in [3.63, 3.8) is 0 Å². The van der Waals surface area contributed by atoms with Crippen LogP contribution in [0.5, 0.6) is 5.75 Å². The molecule has 1 aromatic carbocycles. The van der Waals surface area contributed by atoms with Gasteiger partial charge in [0.15, 0.2) is 0 Å². The predicted molar refractivity (Wildman–Crippen MR) is 116 cm³/mol. The Morgan fingerprint density at radius 3 is 2.90 bits per heavy atom. The molecule has 0 fully saturated rings. The maximum absolute atomic E-state index is 5.87. The van der Waals surface area contributed by atoms with Gasteiger partial charge in [-0.05, 0) is 52.1 Å². The summed E-state index contributed by atoms with van der Waals surface area (Å²) in [5.41, 5.74) is 1.75. The summed E-state index contributed by atoms with van der Waals surface area (Å²) in [5, 5.41) is 8.48. The third-order valence-electron chi connectivity index (χ3n) is 4.38. The Hall–Kier alpha value is -3.26. The summed E-state index contributed by atoms with van der Waals surface area (Å²) in [4.78, 5) is 11.0. The molecule has 0 saturated carbocycles. The highest BCUT2D eigenvalue weighted by Gasteiger charge is 2.16. The van der Waals surface area contributed by atoms with E-state index in [-0.39, 0.29) is 5.89 Å². The van der Waals surface area contributed by atoms with Crippen LogP contribution in [0.3, 0.4) is 0 Å². The molecule has 0 aliphatic heterocycles. The summed E-state index contributed by atoms with van der Waals surface area (Å²) in [6.45, 7) is 9.97. The molecule has 8 nitrogen and oxygen atoms in total. The van der Waals surface area contributed by atoms with E-state index in [0.29, 0.717) is 30.4 Å². The first-order chi connectivity index (χ1) is 14.5. The third-order valence-corrected chi connectivity index (χ3v) is 4.38. The van der Waals surface area contributed by atoms with Gasteiger partial charge in [0.05, 0.1) is 13.2 Å². The molecule has 0 atom stereocenters. The topological polar surface area (TPSA) is 82.1 Å². The molecular weight excluding hydrogens is 380 g/mol. The van der Waals surface area contributed by atoms with Gasteiger partial charge in [-0.15, -0.1) is 5.10 Å². The fourth-order valence-electron chi connectivity index (χ4n) is 2.86. The molecule has 8 heteroatoms. The second kappa shape index (κ2) is 9.98. The van der Waals surface area contributed by atoms with Crippen molar-refractivity contribution < 1.29 is 9.26 Å². The molecule has 0 spiro atoms. The number of rotatable bonds is 10.